The van der Waals surface area contributed by atoms with Gasteiger partial charge >= 0.3 is 5.69 Å². The van der Waals surface area contributed by atoms with Gasteiger partial charge < -0.3 is 10.6 Å². The van der Waals surface area contributed by atoms with Crippen LogP contribution in [0.15, 0.2) is 42.9 Å². The number of amides is 2. The number of carbonyl (C=O) groups is 2. The number of hydrogen-bond acceptors (Lipinski definition) is 6. The molecule has 3 rings (SSSR count). The second-order valence-electron chi connectivity index (χ2n) is 7.44. The van der Waals surface area contributed by atoms with E-state index < -0.39 is 4.92 Å². The number of aromatic nitrogens is 4. The van der Waals surface area contributed by atoms with Crippen molar-refractivity contribution in [1.29, 1.82) is 0 Å². The van der Waals surface area contributed by atoms with Gasteiger partial charge in [-0.3, -0.25) is 29.1 Å². The summed E-state index contributed by atoms with van der Waals surface area (Å²) in [6.07, 6.45) is 3.96. The molecule has 0 aliphatic rings. The monoisotopic (exact) mass is 425 g/mol. The van der Waals surface area contributed by atoms with Crippen molar-refractivity contribution in [2.75, 3.05) is 11.9 Å². The standard InChI is InChI=1S/C20H23N7O4/c1-13(2)8-21-20(29)18-17(10-22-25(18)3)24-19(28)15-6-4-14(5-7-15)11-26-12-16(9-23-26)27(30)31/h4-7,9-10,12-13H,8,11H2,1-3H3,(H,21,29)(H,24,28). The second kappa shape index (κ2) is 9.20. The van der Waals surface area contributed by atoms with Crippen LogP contribution >= 0.6 is 0 Å². The van der Waals surface area contributed by atoms with E-state index in [9.17, 15) is 19.7 Å². The highest BCUT2D eigenvalue weighted by Crippen LogP contribution is 2.17. The van der Waals surface area contributed by atoms with Crippen molar-refractivity contribution in [3.05, 3.63) is 69.8 Å². The summed E-state index contributed by atoms with van der Waals surface area (Å²) in [6.45, 7) is 4.82. The molecule has 162 valence electrons. The smallest absolute Gasteiger partial charge is 0.307 e. The van der Waals surface area contributed by atoms with E-state index in [1.807, 2.05) is 13.8 Å². The SMILES string of the molecule is CC(C)CNC(=O)c1c(NC(=O)c2ccc(Cn3cc([N+](=O)[O-])cn3)cc2)cnn1C. The van der Waals surface area contributed by atoms with Crippen molar-refractivity contribution >= 4 is 23.2 Å². The molecule has 1 aromatic carbocycles. The van der Waals surface area contributed by atoms with E-state index in [0.717, 1.165) is 5.56 Å². The molecule has 11 heteroatoms. The normalized spacial score (nSPS) is 10.8. The molecule has 0 aliphatic carbocycles. The van der Waals surface area contributed by atoms with Crippen LogP contribution in [0.4, 0.5) is 11.4 Å². The zero-order valence-corrected chi connectivity index (χ0v) is 17.4. The maximum Gasteiger partial charge on any atom is 0.307 e. The summed E-state index contributed by atoms with van der Waals surface area (Å²) in [7, 11) is 1.63. The lowest BCUT2D eigenvalue weighted by Gasteiger charge is -2.10. The molecule has 0 unspecified atom stereocenters. The van der Waals surface area contributed by atoms with Gasteiger partial charge in [0.1, 0.15) is 18.1 Å². The van der Waals surface area contributed by atoms with Gasteiger partial charge in [0.05, 0.1) is 23.4 Å². The van der Waals surface area contributed by atoms with E-state index in [-0.39, 0.29) is 23.2 Å². The Labute approximate surface area is 178 Å². The Morgan fingerprint density at radius 3 is 2.45 bits per heavy atom. The summed E-state index contributed by atoms with van der Waals surface area (Å²) in [4.78, 5) is 35.3. The minimum atomic E-state index is -0.507. The molecule has 0 radical (unpaired) electrons. The van der Waals surface area contributed by atoms with Crippen molar-refractivity contribution in [3.63, 3.8) is 0 Å². The summed E-state index contributed by atoms with van der Waals surface area (Å²) in [5.41, 5.74) is 1.73. The van der Waals surface area contributed by atoms with Crippen LogP contribution in [0.1, 0.15) is 40.3 Å². The Morgan fingerprint density at radius 1 is 1.13 bits per heavy atom. The van der Waals surface area contributed by atoms with Gasteiger partial charge in [-0.25, -0.2) is 0 Å². The van der Waals surface area contributed by atoms with Gasteiger partial charge in [0.2, 0.25) is 0 Å². The molecule has 2 heterocycles. The number of anilines is 1. The lowest BCUT2D eigenvalue weighted by Crippen LogP contribution is -2.30. The van der Waals surface area contributed by atoms with Crippen molar-refractivity contribution < 1.29 is 14.5 Å². The minimum absolute atomic E-state index is 0.0827. The third kappa shape index (κ3) is 5.32. The number of hydrogen-bond donors (Lipinski definition) is 2. The van der Waals surface area contributed by atoms with Gasteiger partial charge in [0, 0.05) is 19.2 Å². The van der Waals surface area contributed by atoms with Crippen molar-refractivity contribution in [2.45, 2.75) is 20.4 Å². The average molecular weight is 425 g/mol. The van der Waals surface area contributed by atoms with Crippen LogP contribution in [0.2, 0.25) is 0 Å². The van der Waals surface area contributed by atoms with Gasteiger partial charge in [0.15, 0.2) is 0 Å². The van der Waals surface area contributed by atoms with E-state index in [2.05, 4.69) is 20.8 Å². The zero-order valence-electron chi connectivity index (χ0n) is 17.4. The summed E-state index contributed by atoms with van der Waals surface area (Å²) >= 11 is 0. The van der Waals surface area contributed by atoms with Gasteiger partial charge in [-0.1, -0.05) is 26.0 Å². The first-order valence-corrected chi connectivity index (χ1v) is 9.62. The second-order valence-corrected chi connectivity index (χ2v) is 7.44. The van der Waals surface area contributed by atoms with Crippen LogP contribution in [0.5, 0.6) is 0 Å². The Kier molecular flexibility index (Phi) is 6.43. The van der Waals surface area contributed by atoms with Crippen LogP contribution in [0.3, 0.4) is 0 Å². The number of rotatable bonds is 8. The lowest BCUT2D eigenvalue weighted by atomic mass is 10.1. The quantitative estimate of drug-likeness (QED) is 0.419. The predicted octanol–water partition coefficient (Wildman–Crippen LogP) is 2.21. The molecule has 3 aromatic rings. The Hall–Kier alpha value is -4.02. The summed E-state index contributed by atoms with van der Waals surface area (Å²) in [6, 6.07) is 6.75. The molecular formula is C20H23N7O4. The highest BCUT2D eigenvalue weighted by Gasteiger charge is 2.19. The van der Waals surface area contributed by atoms with Gasteiger partial charge in [-0.2, -0.15) is 10.2 Å². The molecule has 0 fully saturated rings. The molecule has 0 saturated carbocycles. The van der Waals surface area contributed by atoms with Crippen LogP contribution in [-0.2, 0) is 13.6 Å². The van der Waals surface area contributed by atoms with E-state index in [0.29, 0.717) is 30.3 Å². The molecule has 2 N–H and O–H groups in total. The molecule has 0 aliphatic heterocycles. The summed E-state index contributed by atoms with van der Waals surface area (Å²) < 4.78 is 2.86. The van der Waals surface area contributed by atoms with Gasteiger partial charge in [0.25, 0.3) is 11.8 Å². The fourth-order valence-electron chi connectivity index (χ4n) is 2.86. The number of nitro groups is 1. The summed E-state index contributed by atoms with van der Waals surface area (Å²) in [5, 5.41) is 24.3. The van der Waals surface area contributed by atoms with Gasteiger partial charge in [-0.15, -0.1) is 0 Å². The number of nitrogens with one attached hydrogen (secondary N) is 2. The first-order chi connectivity index (χ1) is 14.7. The van der Waals surface area contributed by atoms with Crippen molar-refractivity contribution in [3.8, 4) is 0 Å². The molecule has 0 saturated heterocycles. The minimum Gasteiger partial charge on any atom is -0.350 e. The number of carbonyl (C=O) groups excluding carboxylic acids is 2. The van der Waals surface area contributed by atoms with Crippen LogP contribution < -0.4 is 10.6 Å². The topological polar surface area (TPSA) is 137 Å². The number of nitrogens with zero attached hydrogens (tertiary/aromatic N) is 5. The third-order valence-corrected chi connectivity index (χ3v) is 4.46. The van der Waals surface area contributed by atoms with Crippen molar-refractivity contribution in [1.82, 2.24) is 24.9 Å². The van der Waals surface area contributed by atoms with Crippen LogP contribution in [0, 0.1) is 16.0 Å². The zero-order chi connectivity index (χ0) is 22.5. The van der Waals surface area contributed by atoms with E-state index in [1.165, 1.54) is 28.0 Å². The molecule has 2 aromatic heterocycles. The average Bonchev–Trinajstić information content (AvgIpc) is 3.33. The number of aryl methyl sites for hydroxylation is 1. The highest BCUT2D eigenvalue weighted by molar-refractivity contribution is 6.08. The van der Waals surface area contributed by atoms with E-state index >= 15 is 0 Å². The maximum absolute atomic E-state index is 12.6. The molecular weight excluding hydrogens is 402 g/mol. The molecule has 11 nitrogen and oxygen atoms in total. The van der Waals surface area contributed by atoms with E-state index in [4.69, 9.17) is 0 Å². The fourth-order valence-corrected chi connectivity index (χ4v) is 2.86. The molecule has 31 heavy (non-hydrogen) atoms. The molecule has 0 spiro atoms. The number of benzene rings is 1. The van der Waals surface area contributed by atoms with Crippen molar-refractivity contribution in [2.24, 2.45) is 13.0 Å². The molecule has 2 amide bonds. The first kappa shape index (κ1) is 21.7. The predicted molar refractivity (Wildman–Crippen MR) is 113 cm³/mol. The summed E-state index contributed by atoms with van der Waals surface area (Å²) in [5.74, 6) is -0.401. The largest absolute Gasteiger partial charge is 0.350 e. The fraction of sp³-hybridized carbons (Fsp3) is 0.300. The van der Waals surface area contributed by atoms with E-state index in [1.54, 1.807) is 31.3 Å². The third-order valence-electron chi connectivity index (χ3n) is 4.46. The van der Waals surface area contributed by atoms with Crippen LogP contribution in [0.25, 0.3) is 0 Å². The molecule has 0 bridgehead atoms. The maximum atomic E-state index is 12.6. The highest BCUT2D eigenvalue weighted by atomic mass is 16.6. The lowest BCUT2D eigenvalue weighted by molar-refractivity contribution is -0.385. The van der Waals surface area contributed by atoms with Crippen LogP contribution in [-0.4, -0.2) is 42.8 Å². The Morgan fingerprint density at radius 2 is 1.84 bits per heavy atom. The Balaban J connectivity index is 1.67. The van der Waals surface area contributed by atoms with Gasteiger partial charge in [-0.05, 0) is 23.6 Å². The molecule has 0 atom stereocenters. The Bertz CT molecular complexity index is 1100. The first-order valence-electron chi connectivity index (χ1n) is 9.62.